The van der Waals surface area contributed by atoms with Crippen LogP contribution in [0.3, 0.4) is 0 Å². The summed E-state index contributed by atoms with van der Waals surface area (Å²) in [6, 6.07) is 25.0. The molecule has 0 radical (unpaired) electrons. The summed E-state index contributed by atoms with van der Waals surface area (Å²) in [5, 5.41) is 21.5. The van der Waals surface area contributed by atoms with Gasteiger partial charge in [-0.2, -0.15) is 5.10 Å². The van der Waals surface area contributed by atoms with Gasteiger partial charge in [0.2, 0.25) is 5.91 Å². The molecule has 0 atom stereocenters. The van der Waals surface area contributed by atoms with Gasteiger partial charge in [0.15, 0.2) is 22.6 Å². The van der Waals surface area contributed by atoms with Crippen molar-refractivity contribution in [2.75, 3.05) is 17.6 Å². The summed E-state index contributed by atoms with van der Waals surface area (Å²) in [7, 11) is 0. The van der Waals surface area contributed by atoms with Crippen molar-refractivity contribution in [3.8, 4) is 11.4 Å². The Balaban J connectivity index is 1.04. The maximum atomic E-state index is 14.9. The number of amides is 1. The van der Waals surface area contributed by atoms with Crippen molar-refractivity contribution in [1.82, 2.24) is 58.4 Å². The van der Waals surface area contributed by atoms with Gasteiger partial charge >= 0.3 is 0 Å². The van der Waals surface area contributed by atoms with E-state index in [4.69, 9.17) is 15.8 Å². The highest BCUT2D eigenvalue weighted by Crippen LogP contribution is 2.30. The molecule has 0 fully saturated rings. The molecule has 18 nitrogen and oxygen atoms in total. The Morgan fingerprint density at radius 3 is 2.25 bits per heavy atom. The van der Waals surface area contributed by atoms with Crippen LogP contribution in [-0.2, 0) is 24.3 Å². The third-order valence-electron chi connectivity index (χ3n) is 12.2. The molecule has 0 unspecified atom stereocenters. The standard InChI is InChI=1S/C49H44N14O4/c1-27-9-6-7-12-38(27)62-35(21-37-41(49(62)66)30(4)15-17-51-37)22-59-26-56-43-45(53-25-55-47(43)59)57-33-14-13-28(2)39(20-33)63-34(19-32-11-8-10-29(3)40(32)48(63)65)23-60-46-42(44(50)52-24-54-46)36(58-60)16-18-61(67)31(5)64/h6-15,17,19-21,24-26,67H,16,18,22-23H2,1-5H3,(H2,50,52,54)(H,53,55,57). The van der Waals surface area contributed by atoms with Crippen molar-refractivity contribution in [3.05, 3.63) is 164 Å². The van der Waals surface area contributed by atoms with Crippen molar-refractivity contribution in [2.45, 2.75) is 54.1 Å². The van der Waals surface area contributed by atoms with Gasteiger partial charge in [-0.1, -0.05) is 42.5 Å². The van der Waals surface area contributed by atoms with Crippen LogP contribution in [0.25, 0.3) is 55.2 Å². The lowest BCUT2D eigenvalue weighted by molar-refractivity contribution is -0.162. The van der Waals surface area contributed by atoms with Crippen molar-refractivity contribution >= 4 is 67.1 Å². The van der Waals surface area contributed by atoms with E-state index >= 15 is 0 Å². The number of nitrogens with two attached hydrogens (primary N) is 1. The first kappa shape index (κ1) is 42.3. The van der Waals surface area contributed by atoms with Gasteiger partial charge < -0.3 is 15.6 Å². The molecular formula is C49H44N14O4. The lowest BCUT2D eigenvalue weighted by Crippen LogP contribution is -2.27. The predicted molar refractivity (Wildman–Crippen MR) is 255 cm³/mol. The molecule has 0 bridgehead atoms. The minimum atomic E-state index is -0.508. The molecule has 0 aliphatic heterocycles. The SMILES string of the molecule is CC(=O)N(O)CCc1nn(Cc2cc3cccc(C)c3c(=O)n2-c2cc(Nc3ncnc4c3ncn4Cc3cc4nccc(C)c4c(=O)n3-c3ccccc3C)ccc2C)c2ncnc(N)c12. The molecule has 1 amide bonds. The molecule has 10 rings (SSSR count). The van der Waals surface area contributed by atoms with E-state index in [-0.39, 0.29) is 43.0 Å². The fraction of sp³-hybridized carbons (Fsp3) is 0.184. The number of nitrogens with one attached hydrogen (secondary N) is 1. The molecule has 7 aromatic heterocycles. The maximum absolute atomic E-state index is 14.9. The number of fused-ring (bicyclic) bond motifs is 4. The summed E-state index contributed by atoms with van der Waals surface area (Å²) < 4.78 is 6.97. The summed E-state index contributed by atoms with van der Waals surface area (Å²) >= 11 is 0. The van der Waals surface area contributed by atoms with Crippen LogP contribution >= 0.6 is 0 Å². The van der Waals surface area contributed by atoms with E-state index in [9.17, 15) is 19.6 Å². The van der Waals surface area contributed by atoms with Crippen LogP contribution in [-0.4, -0.2) is 76.1 Å². The third kappa shape index (κ3) is 7.47. The molecule has 10 aromatic rings. The van der Waals surface area contributed by atoms with E-state index in [2.05, 4.69) is 30.2 Å². The monoisotopic (exact) mass is 892 g/mol. The number of carbonyl (C=O) groups is 1. The number of hydroxylamine groups is 2. The Hall–Kier alpha value is -8.64. The molecular weight excluding hydrogens is 849 g/mol. The highest BCUT2D eigenvalue weighted by atomic mass is 16.5. The zero-order valence-corrected chi connectivity index (χ0v) is 37.3. The number of hydrogen-bond donors (Lipinski definition) is 3. The normalized spacial score (nSPS) is 11.6. The largest absolute Gasteiger partial charge is 0.383 e. The van der Waals surface area contributed by atoms with Crippen LogP contribution in [0.4, 0.5) is 17.3 Å². The van der Waals surface area contributed by atoms with Crippen molar-refractivity contribution in [1.29, 1.82) is 0 Å². The molecule has 0 spiro atoms. The molecule has 7 heterocycles. The molecule has 334 valence electrons. The minimum absolute atomic E-state index is 0.0221. The molecule has 0 aliphatic rings. The zero-order chi connectivity index (χ0) is 46.7. The Morgan fingerprint density at radius 2 is 1.43 bits per heavy atom. The molecule has 3 aromatic carbocycles. The third-order valence-corrected chi connectivity index (χ3v) is 12.2. The van der Waals surface area contributed by atoms with E-state index in [0.717, 1.165) is 33.3 Å². The Labute approximate surface area is 381 Å². The second-order valence-corrected chi connectivity index (χ2v) is 16.6. The van der Waals surface area contributed by atoms with E-state index in [1.54, 1.807) is 26.3 Å². The number of nitrogen functional groups attached to an aromatic ring is 1. The summed E-state index contributed by atoms with van der Waals surface area (Å²) in [4.78, 5) is 68.2. The summed E-state index contributed by atoms with van der Waals surface area (Å²) in [6.45, 7) is 9.35. The number of pyridine rings is 3. The van der Waals surface area contributed by atoms with Gasteiger partial charge in [-0.05, 0) is 91.7 Å². The number of anilines is 3. The minimum Gasteiger partial charge on any atom is -0.383 e. The first-order valence-electron chi connectivity index (χ1n) is 21.5. The molecule has 4 N–H and O–H groups in total. The van der Waals surface area contributed by atoms with E-state index in [0.29, 0.717) is 77.8 Å². The van der Waals surface area contributed by atoms with Gasteiger partial charge in [0.1, 0.15) is 18.5 Å². The topological polar surface area (TPSA) is 223 Å². The highest BCUT2D eigenvalue weighted by molar-refractivity contribution is 5.89. The fourth-order valence-corrected chi connectivity index (χ4v) is 8.84. The zero-order valence-electron chi connectivity index (χ0n) is 37.3. The number of aryl methyl sites for hydroxylation is 4. The van der Waals surface area contributed by atoms with Gasteiger partial charge in [-0.15, -0.1) is 0 Å². The number of nitrogens with zero attached hydrogens (tertiary/aromatic N) is 12. The number of aromatic nitrogens is 11. The van der Waals surface area contributed by atoms with E-state index in [1.165, 1.54) is 19.6 Å². The van der Waals surface area contributed by atoms with E-state index in [1.807, 2.05) is 111 Å². The van der Waals surface area contributed by atoms with Crippen LogP contribution in [0, 0.1) is 27.7 Å². The number of rotatable bonds is 11. The lowest BCUT2D eigenvalue weighted by atomic mass is 10.0. The number of carbonyl (C=O) groups excluding carboxylic acids is 1. The van der Waals surface area contributed by atoms with Gasteiger partial charge in [-0.3, -0.25) is 33.7 Å². The van der Waals surface area contributed by atoms with Crippen LogP contribution in [0.15, 0.2) is 114 Å². The molecule has 67 heavy (non-hydrogen) atoms. The van der Waals surface area contributed by atoms with Gasteiger partial charge in [0, 0.05) is 36.6 Å². The number of benzene rings is 3. The summed E-state index contributed by atoms with van der Waals surface area (Å²) in [5.74, 6) is 0.129. The average Bonchev–Trinajstić information content (AvgIpc) is 3.88. The summed E-state index contributed by atoms with van der Waals surface area (Å²) in [5.41, 5.74) is 15.3. The van der Waals surface area contributed by atoms with Crippen LogP contribution in [0.5, 0.6) is 0 Å². The first-order valence-corrected chi connectivity index (χ1v) is 21.5. The maximum Gasteiger partial charge on any atom is 0.265 e. The van der Waals surface area contributed by atoms with E-state index < -0.39 is 5.91 Å². The number of para-hydroxylation sites is 1. The Morgan fingerprint density at radius 1 is 0.716 bits per heavy atom. The molecule has 0 saturated heterocycles. The lowest BCUT2D eigenvalue weighted by Gasteiger charge is -2.19. The number of hydrogen-bond acceptors (Lipinski definition) is 13. The highest BCUT2D eigenvalue weighted by Gasteiger charge is 2.22. The van der Waals surface area contributed by atoms with Gasteiger partial charge in [0.25, 0.3) is 11.1 Å². The molecule has 18 heteroatoms. The van der Waals surface area contributed by atoms with Crippen LogP contribution in [0.2, 0.25) is 0 Å². The second-order valence-electron chi connectivity index (χ2n) is 16.6. The van der Waals surface area contributed by atoms with Crippen LogP contribution in [0.1, 0.15) is 46.3 Å². The molecule has 0 saturated carbocycles. The van der Waals surface area contributed by atoms with Gasteiger partial charge in [-0.25, -0.2) is 34.7 Å². The Kier molecular flexibility index (Phi) is 10.6. The van der Waals surface area contributed by atoms with Crippen molar-refractivity contribution in [2.24, 2.45) is 0 Å². The fourth-order valence-electron chi connectivity index (χ4n) is 8.84. The second kappa shape index (κ2) is 16.7. The average molecular weight is 893 g/mol. The predicted octanol–water partition coefficient (Wildman–Crippen LogP) is 6.41. The van der Waals surface area contributed by atoms with Gasteiger partial charge in [0.05, 0.1) is 64.7 Å². The van der Waals surface area contributed by atoms with Crippen LogP contribution < -0.4 is 22.2 Å². The molecule has 0 aliphatic carbocycles. The van der Waals surface area contributed by atoms with Crippen molar-refractivity contribution < 1.29 is 10.0 Å². The quantitative estimate of drug-likeness (QED) is 0.0945. The number of imidazole rings is 1. The first-order chi connectivity index (χ1) is 32.4. The smallest absolute Gasteiger partial charge is 0.265 e. The Bertz CT molecular complexity index is 3760. The van der Waals surface area contributed by atoms with Crippen molar-refractivity contribution in [3.63, 3.8) is 0 Å². The summed E-state index contributed by atoms with van der Waals surface area (Å²) in [6.07, 6.45) is 6.38.